The van der Waals surface area contributed by atoms with Crippen LogP contribution in [0.4, 0.5) is 11.5 Å². The molecule has 0 bridgehead atoms. The molecule has 3 aromatic heterocycles. The number of carbonyl (C=O) groups excluding carboxylic acids is 1. The zero-order valence-corrected chi connectivity index (χ0v) is 17.3. The van der Waals surface area contributed by atoms with Crippen LogP contribution in [0.2, 0.25) is 0 Å². The molecule has 1 saturated heterocycles. The molecule has 31 heavy (non-hydrogen) atoms. The fourth-order valence-electron chi connectivity index (χ4n) is 4.01. The molecule has 1 aliphatic rings. The van der Waals surface area contributed by atoms with E-state index in [1.807, 2.05) is 32.3 Å². The summed E-state index contributed by atoms with van der Waals surface area (Å²) in [5, 5.41) is 21.1. The second-order valence-electron chi connectivity index (χ2n) is 7.59. The quantitative estimate of drug-likeness (QED) is 0.520. The van der Waals surface area contributed by atoms with E-state index in [0.29, 0.717) is 16.7 Å². The highest BCUT2D eigenvalue weighted by Gasteiger charge is 2.20. The highest BCUT2D eigenvalue weighted by Crippen LogP contribution is 2.29. The number of nitriles is 1. The summed E-state index contributed by atoms with van der Waals surface area (Å²) in [4.78, 5) is 24.0. The number of fused-ring (bicyclic) bond motifs is 2. The summed E-state index contributed by atoms with van der Waals surface area (Å²) in [5.41, 5.74) is 3.54. The fourth-order valence-corrected chi connectivity index (χ4v) is 4.01. The monoisotopic (exact) mass is 415 g/mol. The van der Waals surface area contributed by atoms with E-state index in [1.54, 1.807) is 27.5 Å². The van der Waals surface area contributed by atoms with E-state index in [1.165, 1.54) is 0 Å². The van der Waals surface area contributed by atoms with E-state index in [4.69, 9.17) is 0 Å². The Bertz CT molecular complexity index is 1350. The lowest BCUT2D eigenvalue weighted by molar-refractivity contribution is 0.102. The van der Waals surface area contributed by atoms with Crippen LogP contribution in [0.5, 0.6) is 0 Å². The molecule has 0 radical (unpaired) electrons. The number of anilines is 2. The van der Waals surface area contributed by atoms with Crippen molar-refractivity contribution in [3.8, 4) is 6.07 Å². The van der Waals surface area contributed by atoms with Gasteiger partial charge in [-0.2, -0.15) is 10.4 Å². The van der Waals surface area contributed by atoms with Crippen LogP contribution in [-0.4, -0.2) is 56.2 Å². The summed E-state index contributed by atoms with van der Waals surface area (Å²) in [6, 6.07) is 5.81. The lowest BCUT2D eigenvalue weighted by Gasteiger charge is -2.30. The van der Waals surface area contributed by atoms with Gasteiger partial charge in [-0.15, -0.1) is 0 Å². The Morgan fingerprint density at radius 2 is 2.00 bits per heavy atom. The first-order valence-corrected chi connectivity index (χ1v) is 10.0. The summed E-state index contributed by atoms with van der Waals surface area (Å²) >= 11 is 0. The van der Waals surface area contributed by atoms with Crippen molar-refractivity contribution in [2.45, 2.75) is 6.92 Å². The molecule has 10 heteroatoms. The van der Waals surface area contributed by atoms with Crippen molar-refractivity contribution < 1.29 is 4.79 Å². The Kier molecular flexibility index (Phi) is 4.52. The van der Waals surface area contributed by atoms with E-state index < -0.39 is 0 Å². The van der Waals surface area contributed by atoms with Gasteiger partial charge in [-0.25, -0.2) is 9.97 Å². The highest BCUT2D eigenvalue weighted by molar-refractivity contribution is 6.13. The minimum absolute atomic E-state index is 0.155. The molecule has 0 aliphatic carbocycles. The van der Waals surface area contributed by atoms with Gasteiger partial charge in [-0.1, -0.05) is 0 Å². The van der Waals surface area contributed by atoms with E-state index >= 15 is 0 Å². The van der Waals surface area contributed by atoms with Gasteiger partial charge in [0.1, 0.15) is 11.6 Å². The Labute approximate surface area is 178 Å². The van der Waals surface area contributed by atoms with Crippen LogP contribution in [0.15, 0.2) is 30.7 Å². The zero-order valence-electron chi connectivity index (χ0n) is 17.3. The third-order valence-electron chi connectivity index (χ3n) is 5.38. The Morgan fingerprint density at radius 1 is 1.19 bits per heavy atom. The largest absolute Gasteiger partial charge is 0.368 e. The van der Waals surface area contributed by atoms with Crippen molar-refractivity contribution in [3.05, 3.63) is 47.7 Å². The first kappa shape index (κ1) is 19.0. The van der Waals surface area contributed by atoms with E-state index in [9.17, 15) is 10.1 Å². The summed E-state index contributed by atoms with van der Waals surface area (Å²) in [7, 11) is 1.85. The first-order valence-electron chi connectivity index (χ1n) is 10.0. The van der Waals surface area contributed by atoms with Gasteiger partial charge in [0.15, 0.2) is 17.2 Å². The molecule has 156 valence electrons. The molecule has 1 fully saturated rings. The predicted molar refractivity (Wildman–Crippen MR) is 116 cm³/mol. The number of nitrogens with zero attached hydrogens (tertiary/aromatic N) is 7. The van der Waals surface area contributed by atoms with Crippen LogP contribution in [0.25, 0.3) is 16.6 Å². The van der Waals surface area contributed by atoms with Crippen LogP contribution in [0, 0.1) is 18.3 Å². The normalized spacial score (nSPS) is 14.2. The Balaban J connectivity index is 1.52. The number of hydrogen-bond acceptors (Lipinski definition) is 7. The van der Waals surface area contributed by atoms with Crippen LogP contribution in [0.3, 0.4) is 0 Å². The minimum atomic E-state index is -0.330. The summed E-state index contributed by atoms with van der Waals surface area (Å²) in [6.07, 6.45) is 5.38. The molecule has 4 aromatic rings. The molecule has 0 atom stereocenters. The molecule has 0 spiro atoms. The van der Waals surface area contributed by atoms with Gasteiger partial charge < -0.3 is 19.9 Å². The number of aryl methyl sites for hydroxylation is 2. The smallest absolute Gasteiger partial charge is 0.259 e. The summed E-state index contributed by atoms with van der Waals surface area (Å²) in [6.45, 7) is 5.49. The number of rotatable bonds is 3. The summed E-state index contributed by atoms with van der Waals surface area (Å²) in [5.74, 6) is -0.0511. The topological polar surface area (TPSA) is 116 Å². The third-order valence-corrected chi connectivity index (χ3v) is 5.38. The van der Waals surface area contributed by atoms with Crippen LogP contribution in [-0.2, 0) is 7.05 Å². The molecule has 1 amide bonds. The van der Waals surface area contributed by atoms with Gasteiger partial charge in [0, 0.05) is 56.7 Å². The van der Waals surface area contributed by atoms with Crippen LogP contribution >= 0.6 is 0 Å². The number of amides is 1. The van der Waals surface area contributed by atoms with Gasteiger partial charge in [0.05, 0.1) is 17.5 Å². The SMILES string of the molecule is Cc1cn2cc(NC(=O)c3ccc(N4CCNCC4)c4cn(C)nc34)nc(C#N)c2n1. The van der Waals surface area contributed by atoms with Crippen molar-refractivity contribution in [1.82, 2.24) is 29.5 Å². The molecular formula is C21H21N9O. The molecule has 10 nitrogen and oxygen atoms in total. The minimum Gasteiger partial charge on any atom is -0.368 e. The van der Waals surface area contributed by atoms with E-state index in [0.717, 1.165) is 42.9 Å². The molecule has 5 rings (SSSR count). The number of aromatic nitrogens is 5. The van der Waals surface area contributed by atoms with Crippen LogP contribution in [0.1, 0.15) is 21.7 Å². The lowest BCUT2D eigenvalue weighted by Crippen LogP contribution is -2.43. The van der Waals surface area contributed by atoms with Crippen molar-refractivity contribution in [1.29, 1.82) is 5.26 Å². The third kappa shape index (κ3) is 3.35. The average molecular weight is 415 g/mol. The van der Waals surface area contributed by atoms with Crippen LogP contribution < -0.4 is 15.5 Å². The van der Waals surface area contributed by atoms with Crippen molar-refractivity contribution in [3.63, 3.8) is 0 Å². The van der Waals surface area contributed by atoms with E-state index in [-0.39, 0.29) is 17.4 Å². The van der Waals surface area contributed by atoms with Gasteiger partial charge in [-0.3, -0.25) is 9.48 Å². The number of piperazine rings is 1. The Hall–Kier alpha value is -3.97. The predicted octanol–water partition coefficient (Wildman–Crippen LogP) is 1.46. The number of imidazole rings is 1. The number of hydrogen-bond donors (Lipinski definition) is 2. The lowest BCUT2D eigenvalue weighted by atomic mass is 10.1. The molecule has 4 heterocycles. The average Bonchev–Trinajstić information content (AvgIpc) is 3.34. The maximum atomic E-state index is 13.1. The second kappa shape index (κ2) is 7.37. The van der Waals surface area contributed by atoms with Gasteiger partial charge in [0.25, 0.3) is 5.91 Å². The highest BCUT2D eigenvalue weighted by atomic mass is 16.1. The van der Waals surface area contributed by atoms with E-state index in [2.05, 4.69) is 30.6 Å². The van der Waals surface area contributed by atoms with Gasteiger partial charge >= 0.3 is 0 Å². The second-order valence-corrected chi connectivity index (χ2v) is 7.59. The maximum Gasteiger partial charge on any atom is 0.259 e. The molecular weight excluding hydrogens is 394 g/mol. The molecule has 1 aliphatic heterocycles. The first-order chi connectivity index (χ1) is 15.0. The molecule has 1 aromatic carbocycles. The number of carbonyl (C=O) groups is 1. The van der Waals surface area contributed by atoms with Crippen molar-refractivity contribution in [2.75, 3.05) is 36.4 Å². The maximum absolute atomic E-state index is 13.1. The zero-order chi connectivity index (χ0) is 21.5. The number of nitrogens with one attached hydrogen (secondary N) is 2. The van der Waals surface area contributed by atoms with Gasteiger partial charge in [-0.05, 0) is 19.1 Å². The Morgan fingerprint density at radius 3 is 2.77 bits per heavy atom. The molecule has 0 unspecified atom stereocenters. The summed E-state index contributed by atoms with van der Waals surface area (Å²) < 4.78 is 3.42. The molecule has 2 N–H and O–H groups in total. The van der Waals surface area contributed by atoms with Gasteiger partial charge in [0.2, 0.25) is 0 Å². The number of benzene rings is 1. The fraction of sp³-hybridized carbons (Fsp3) is 0.286. The van der Waals surface area contributed by atoms with Crippen molar-refractivity contribution >= 4 is 34.0 Å². The van der Waals surface area contributed by atoms with Crippen molar-refractivity contribution in [2.24, 2.45) is 7.05 Å². The standard InChI is InChI=1S/C21H21N9O/c1-13-10-30-12-18(25-16(9-22)20(30)24-13)26-21(31)14-3-4-17(29-7-5-23-6-8-29)15-11-28(2)27-19(14)15/h3-4,10-12,23H,5-8H2,1-2H3,(H,26,31). The molecule has 0 saturated carbocycles.